The highest BCUT2D eigenvalue weighted by Gasteiger charge is 2.13. The number of rotatable bonds is 8. The van der Waals surface area contributed by atoms with E-state index >= 15 is 0 Å². The Labute approximate surface area is 96.0 Å². The van der Waals surface area contributed by atoms with Gasteiger partial charge in [-0.15, -0.1) is 11.6 Å². The van der Waals surface area contributed by atoms with Crippen LogP contribution in [0.1, 0.15) is 13.3 Å². The lowest BCUT2D eigenvalue weighted by Crippen LogP contribution is -2.30. The minimum Gasteiger partial charge on any atom is -0.215 e. The van der Waals surface area contributed by atoms with E-state index in [9.17, 15) is 8.42 Å². The Morgan fingerprint density at radius 3 is 2.64 bits per heavy atom. The van der Waals surface area contributed by atoms with E-state index in [0.717, 1.165) is 12.2 Å². The average Bonchev–Trinajstić information content (AvgIpc) is 2.12. The van der Waals surface area contributed by atoms with Gasteiger partial charge in [-0.3, -0.25) is 0 Å². The van der Waals surface area contributed by atoms with Crippen LogP contribution < -0.4 is 4.72 Å². The Bertz CT molecular complexity index is 231. The molecule has 0 bridgehead atoms. The van der Waals surface area contributed by atoms with Crippen LogP contribution in [0.25, 0.3) is 0 Å². The van der Waals surface area contributed by atoms with Crippen molar-refractivity contribution in [3.8, 4) is 0 Å². The van der Waals surface area contributed by atoms with Crippen molar-refractivity contribution in [1.29, 1.82) is 0 Å². The van der Waals surface area contributed by atoms with Crippen molar-refractivity contribution in [2.75, 3.05) is 30.2 Å². The third-order valence-corrected chi connectivity index (χ3v) is 4.49. The van der Waals surface area contributed by atoms with Gasteiger partial charge in [-0.1, -0.05) is 6.92 Å². The van der Waals surface area contributed by atoms with Crippen molar-refractivity contribution in [3.05, 3.63) is 0 Å². The molecular formula is C8H18ClNO2S2. The van der Waals surface area contributed by atoms with Crippen LogP contribution in [0, 0.1) is 5.92 Å². The number of alkyl halides is 1. The second-order valence-electron chi connectivity index (χ2n) is 3.28. The van der Waals surface area contributed by atoms with Gasteiger partial charge in [0.15, 0.2) is 0 Å². The van der Waals surface area contributed by atoms with Crippen molar-refractivity contribution in [3.63, 3.8) is 0 Å². The lowest BCUT2D eigenvalue weighted by molar-refractivity contribution is 0.568. The average molecular weight is 260 g/mol. The smallest absolute Gasteiger partial charge is 0.211 e. The van der Waals surface area contributed by atoms with E-state index in [2.05, 4.69) is 4.72 Å². The van der Waals surface area contributed by atoms with Gasteiger partial charge in [-0.05, 0) is 24.3 Å². The Morgan fingerprint density at radius 2 is 2.14 bits per heavy atom. The van der Waals surface area contributed by atoms with E-state index in [0.29, 0.717) is 12.4 Å². The molecule has 0 aliphatic carbocycles. The Hall–Kier alpha value is 0.550. The minimum absolute atomic E-state index is 0.00900. The maximum atomic E-state index is 11.4. The summed E-state index contributed by atoms with van der Waals surface area (Å²) in [4.78, 5) is 0. The molecule has 0 aliphatic rings. The van der Waals surface area contributed by atoms with E-state index in [-0.39, 0.29) is 11.7 Å². The summed E-state index contributed by atoms with van der Waals surface area (Å²) in [5.74, 6) is 1.49. The second-order valence-corrected chi connectivity index (χ2v) is 6.43. The molecule has 0 aromatic rings. The van der Waals surface area contributed by atoms with Crippen LogP contribution in [0.15, 0.2) is 0 Å². The molecule has 0 aliphatic heterocycles. The first-order valence-corrected chi connectivity index (χ1v) is 8.12. The Kier molecular flexibility index (Phi) is 8.10. The summed E-state index contributed by atoms with van der Waals surface area (Å²) in [7, 11) is -3.12. The lowest BCUT2D eigenvalue weighted by Gasteiger charge is -2.09. The standard InChI is InChI=1S/C8H18ClNO2S2/c1-8(6-9)7-14(11,12)10-4-3-5-13-2/h8,10H,3-7H2,1-2H3. The summed E-state index contributed by atoms with van der Waals surface area (Å²) < 4.78 is 25.3. The number of nitrogens with one attached hydrogen (secondary N) is 1. The van der Waals surface area contributed by atoms with Gasteiger partial charge >= 0.3 is 0 Å². The maximum Gasteiger partial charge on any atom is 0.211 e. The summed E-state index contributed by atoms with van der Waals surface area (Å²) in [6, 6.07) is 0. The molecule has 1 unspecified atom stereocenters. The molecular weight excluding hydrogens is 242 g/mol. The highest BCUT2D eigenvalue weighted by molar-refractivity contribution is 7.98. The van der Waals surface area contributed by atoms with Crippen molar-refractivity contribution >= 4 is 33.4 Å². The number of hydrogen-bond donors (Lipinski definition) is 1. The first-order valence-electron chi connectivity index (χ1n) is 4.54. The zero-order valence-corrected chi connectivity index (χ0v) is 11.0. The summed E-state index contributed by atoms with van der Waals surface area (Å²) in [5, 5.41) is 0. The fourth-order valence-electron chi connectivity index (χ4n) is 0.922. The number of sulfonamides is 1. The number of halogens is 1. The third kappa shape index (κ3) is 7.91. The first kappa shape index (κ1) is 14.6. The van der Waals surface area contributed by atoms with E-state index in [1.165, 1.54) is 0 Å². The van der Waals surface area contributed by atoms with Crippen molar-refractivity contribution in [1.82, 2.24) is 4.72 Å². The summed E-state index contributed by atoms with van der Waals surface area (Å²) in [5.41, 5.74) is 0. The maximum absolute atomic E-state index is 11.4. The quantitative estimate of drug-likeness (QED) is 0.531. The fraction of sp³-hybridized carbons (Fsp3) is 1.00. The molecule has 6 heteroatoms. The predicted molar refractivity (Wildman–Crippen MR) is 64.7 cm³/mol. The molecule has 0 radical (unpaired) electrons. The summed E-state index contributed by atoms with van der Waals surface area (Å²) in [6.45, 7) is 2.35. The van der Waals surface area contributed by atoms with Gasteiger partial charge in [0.05, 0.1) is 5.75 Å². The monoisotopic (exact) mass is 259 g/mol. The molecule has 0 fully saturated rings. The van der Waals surface area contributed by atoms with Crippen molar-refractivity contribution in [2.45, 2.75) is 13.3 Å². The Morgan fingerprint density at radius 1 is 1.50 bits per heavy atom. The molecule has 3 nitrogen and oxygen atoms in total. The zero-order valence-electron chi connectivity index (χ0n) is 8.62. The predicted octanol–water partition coefficient (Wildman–Crippen LogP) is 1.53. The highest BCUT2D eigenvalue weighted by atomic mass is 35.5. The van der Waals surface area contributed by atoms with Gasteiger partial charge in [0.1, 0.15) is 0 Å². The van der Waals surface area contributed by atoms with Gasteiger partial charge < -0.3 is 0 Å². The molecule has 1 N–H and O–H groups in total. The largest absolute Gasteiger partial charge is 0.215 e. The molecule has 14 heavy (non-hydrogen) atoms. The molecule has 0 amide bonds. The highest BCUT2D eigenvalue weighted by Crippen LogP contribution is 2.02. The van der Waals surface area contributed by atoms with Gasteiger partial charge in [-0.25, -0.2) is 13.1 Å². The summed E-state index contributed by atoms with van der Waals surface area (Å²) in [6.07, 6.45) is 2.87. The second kappa shape index (κ2) is 7.79. The summed E-state index contributed by atoms with van der Waals surface area (Å²) >= 11 is 7.26. The molecule has 86 valence electrons. The SMILES string of the molecule is CSCCCNS(=O)(=O)CC(C)CCl. The molecule has 0 aromatic carbocycles. The fourth-order valence-corrected chi connectivity index (χ4v) is 3.03. The van der Waals surface area contributed by atoms with Gasteiger partial charge in [0, 0.05) is 12.4 Å². The van der Waals surface area contributed by atoms with Gasteiger partial charge in [0.25, 0.3) is 0 Å². The van der Waals surface area contributed by atoms with Gasteiger partial charge in [0.2, 0.25) is 10.0 Å². The molecule has 0 rings (SSSR count). The van der Waals surface area contributed by atoms with Crippen LogP contribution in [0.4, 0.5) is 0 Å². The first-order chi connectivity index (χ1) is 6.52. The van der Waals surface area contributed by atoms with E-state index in [4.69, 9.17) is 11.6 Å². The lowest BCUT2D eigenvalue weighted by atomic mass is 10.3. The normalized spacial score (nSPS) is 14.2. The molecule has 0 aromatic heterocycles. The molecule has 1 atom stereocenters. The minimum atomic E-state index is -3.12. The van der Waals surface area contributed by atoms with Crippen LogP contribution in [-0.4, -0.2) is 38.6 Å². The molecule has 0 saturated carbocycles. The van der Waals surface area contributed by atoms with Crippen LogP contribution in [-0.2, 0) is 10.0 Å². The Balaban J connectivity index is 3.73. The van der Waals surface area contributed by atoms with Crippen molar-refractivity contribution < 1.29 is 8.42 Å². The number of hydrogen-bond acceptors (Lipinski definition) is 3. The molecule has 0 heterocycles. The van der Waals surface area contributed by atoms with Gasteiger partial charge in [-0.2, -0.15) is 11.8 Å². The van der Waals surface area contributed by atoms with E-state index in [1.807, 2.05) is 13.2 Å². The van der Waals surface area contributed by atoms with Crippen LogP contribution in [0.2, 0.25) is 0 Å². The molecule has 0 spiro atoms. The van der Waals surface area contributed by atoms with E-state index in [1.54, 1.807) is 11.8 Å². The van der Waals surface area contributed by atoms with Crippen LogP contribution in [0.3, 0.4) is 0 Å². The third-order valence-electron chi connectivity index (χ3n) is 1.61. The molecule has 0 saturated heterocycles. The number of thioether (sulfide) groups is 1. The van der Waals surface area contributed by atoms with Crippen LogP contribution >= 0.6 is 23.4 Å². The van der Waals surface area contributed by atoms with Crippen molar-refractivity contribution in [2.24, 2.45) is 5.92 Å². The van der Waals surface area contributed by atoms with E-state index < -0.39 is 10.0 Å². The zero-order chi connectivity index (χ0) is 11.0. The van der Waals surface area contributed by atoms with Crippen LogP contribution in [0.5, 0.6) is 0 Å². The topological polar surface area (TPSA) is 46.2 Å².